The molecular weight excluding hydrogens is 308 g/mol. The number of amides is 1. The summed E-state index contributed by atoms with van der Waals surface area (Å²) in [5.74, 6) is 1.03. The zero-order valence-electron chi connectivity index (χ0n) is 13.8. The maximum atomic E-state index is 12.6. The number of hydrogen-bond acceptors (Lipinski definition) is 6. The first-order valence-electron chi connectivity index (χ1n) is 7.29. The van der Waals surface area contributed by atoms with Crippen molar-refractivity contribution in [2.75, 3.05) is 27.3 Å². The van der Waals surface area contributed by atoms with Crippen LogP contribution in [0.5, 0.6) is 0 Å². The van der Waals surface area contributed by atoms with E-state index in [0.29, 0.717) is 50.7 Å². The van der Waals surface area contributed by atoms with Crippen LogP contribution >= 0.6 is 12.4 Å². The summed E-state index contributed by atoms with van der Waals surface area (Å²) in [6, 6.07) is 0. The third-order valence-electron chi connectivity index (χ3n) is 3.96. The lowest BCUT2D eigenvalue weighted by atomic mass is 9.81. The van der Waals surface area contributed by atoms with Crippen LogP contribution in [0.1, 0.15) is 38.4 Å². The molecule has 1 amide bonds. The summed E-state index contributed by atoms with van der Waals surface area (Å²) in [6.45, 7) is 5.14. The van der Waals surface area contributed by atoms with Crippen LogP contribution in [0.3, 0.4) is 0 Å². The number of hydrogen-bond donors (Lipinski definition) is 1. The van der Waals surface area contributed by atoms with Crippen molar-refractivity contribution in [3.8, 4) is 0 Å². The molecule has 2 N–H and O–H groups in total. The number of aromatic nitrogens is 2. The normalized spacial score (nSPS) is 11.1. The number of carbonyl (C=O) groups excluding carboxylic acids is 1. The third kappa shape index (κ3) is 4.93. The van der Waals surface area contributed by atoms with Crippen molar-refractivity contribution in [1.29, 1.82) is 0 Å². The standard InChI is InChI=1S/C14H26N4O3.ClH/c1-5-14(6-2,10-15)13(19)18(3)9-12-16-11(17-21-12)7-8-20-4;/h5-10,15H2,1-4H3;1H. The molecule has 0 radical (unpaired) electrons. The molecule has 1 heterocycles. The molecule has 0 aliphatic carbocycles. The molecule has 0 aliphatic rings. The Morgan fingerprint density at radius 1 is 1.41 bits per heavy atom. The number of nitrogens with two attached hydrogens (primary N) is 1. The second-order valence-corrected chi connectivity index (χ2v) is 5.20. The van der Waals surface area contributed by atoms with E-state index in [4.69, 9.17) is 15.0 Å². The van der Waals surface area contributed by atoms with Crippen LogP contribution in [0.2, 0.25) is 0 Å². The minimum Gasteiger partial charge on any atom is -0.384 e. The molecule has 0 unspecified atom stereocenters. The predicted molar refractivity (Wildman–Crippen MR) is 85.7 cm³/mol. The first-order chi connectivity index (χ1) is 10.0. The molecule has 0 fully saturated rings. The Balaban J connectivity index is 0.00000441. The molecule has 0 atom stereocenters. The highest BCUT2D eigenvalue weighted by atomic mass is 35.5. The van der Waals surface area contributed by atoms with Crippen LogP contribution in [0.15, 0.2) is 4.52 Å². The summed E-state index contributed by atoms with van der Waals surface area (Å²) in [5, 5.41) is 3.86. The summed E-state index contributed by atoms with van der Waals surface area (Å²) in [6.07, 6.45) is 2.02. The van der Waals surface area contributed by atoms with Gasteiger partial charge in [-0.1, -0.05) is 19.0 Å². The van der Waals surface area contributed by atoms with Gasteiger partial charge in [0.25, 0.3) is 0 Å². The summed E-state index contributed by atoms with van der Waals surface area (Å²) in [7, 11) is 3.35. The Bertz CT molecular complexity index is 441. The van der Waals surface area contributed by atoms with Gasteiger partial charge in [-0.15, -0.1) is 12.4 Å². The zero-order valence-corrected chi connectivity index (χ0v) is 14.6. The third-order valence-corrected chi connectivity index (χ3v) is 3.96. The molecule has 1 aromatic rings. The molecule has 0 saturated carbocycles. The van der Waals surface area contributed by atoms with E-state index in [2.05, 4.69) is 10.1 Å². The van der Waals surface area contributed by atoms with E-state index in [-0.39, 0.29) is 18.3 Å². The van der Waals surface area contributed by atoms with Crippen molar-refractivity contribution in [2.24, 2.45) is 11.1 Å². The number of nitrogens with zero attached hydrogens (tertiary/aromatic N) is 3. The van der Waals surface area contributed by atoms with Gasteiger partial charge in [-0.05, 0) is 12.8 Å². The molecule has 0 spiro atoms. The molecule has 7 nitrogen and oxygen atoms in total. The van der Waals surface area contributed by atoms with Gasteiger partial charge in [0, 0.05) is 27.1 Å². The number of halogens is 1. The molecule has 0 aromatic carbocycles. The monoisotopic (exact) mass is 334 g/mol. The second-order valence-electron chi connectivity index (χ2n) is 5.20. The van der Waals surface area contributed by atoms with Gasteiger partial charge in [-0.3, -0.25) is 4.79 Å². The molecule has 22 heavy (non-hydrogen) atoms. The number of rotatable bonds is 9. The lowest BCUT2D eigenvalue weighted by Gasteiger charge is -2.32. The second kappa shape index (κ2) is 9.76. The highest BCUT2D eigenvalue weighted by Crippen LogP contribution is 2.27. The van der Waals surface area contributed by atoms with Gasteiger partial charge in [0.2, 0.25) is 11.8 Å². The van der Waals surface area contributed by atoms with Gasteiger partial charge in [-0.25, -0.2) is 0 Å². The molecule has 0 aliphatic heterocycles. The first kappa shape index (κ1) is 20.8. The van der Waals surface area contributed by atoms with Crippen molar-refractivity contribution in [3.63, 3.8) is 0 Å². The van der Waals surface area contributed by atoms with Gasteiger partial charge >= 0.3 is 0 Å². The molecule has 8 heteroatoms. The topological polar surface area (TPSA) is 94.5 Å². The summed E-state index contributed by atoms with van der Waals surface area (Å²) in [4.78, 5) is 18.4. The number of ether oxygens (including phenoxy) is 1. The highest BCUT2D eigenvalue weighted by molar-refractivity contribution is 5.85. The van der Waals surface area contributed by atoms with Crippen LogP contribution in [0.25, 0.3) is 0 Å². The van der Waals surface area contributed by atoms with Gasteiger partial charge in [0.1, 0.15) is 0 Å². The minimum atomic E-state index is -0.506. The van der Waals surface area contributed by atoms with E-state index in [1.165, 1.54) is 0 Å². The van der Waals surface area contributed by atoms with Crippen LogP contribution in [0, 0.1) is 5.41 Å². The molecule has 1 rings (SSSR count). The number of methoxy groups -OCH3 is 1. The zero-order chi connectivity index (χ0) is 15.9. The van der Waals surface area contributed by atoms with Crippen LogP contribution < -0.4 is 5.73 Å². The van der Waals surface area contributed by atoms with E-state index < -0.39 is 5.41 Å². The minimum absolute atomic E-state index is 0. The van der Waals surface area contributed by atoms with E-state index in [9.17, 15) is 4.79 Å². The van der Waals surface area contributed by atoms with Crippen molar-refractivity contribution in [3.05, 3.63) is 11.7 Å². The molecule has 0 saturated heterocycles. The van der Waals surface area contributed by atoms with E-state index in [1.54, 1.807) is 19.1 Å². The van der Waals surface area contributed by atoms with Crippen molar-refractivity contribution in [1.82, 2.24) is 15.0 Å². The predicted octanol–water partition coefficient (Wildman–Crippen LogP) is 1.40. The van der Waals surface area contributed by atoms with Crippen LogP contribution in [-0.2, 0) is 22.5 Å². The molecule has 1 aromatic heterocycles. The Morgan fingerprint density at radius 3 is 2.55 bits per heavy atom. The fourth-order valence-electron chi connectivity index (χ4n) is 2.26. The van der Waals surface area contributed by atoms with Gasteiger partial charge in [-0.2, -0.15) is 4.98 Å². The largest absolute Gasteiger partial charge is 0.384 e. The number of carbonyl (C=O) groups is 1. The molecule has 0 bridgehead atoms. The SMILES string of the molecule is CCC(CC)(CN)C(=O)N(C)Cc1nc(CCOC)no1.Cl. The quantitative estimate of drug-likeness (QED) is 0.733. The Hall–Kier alpha value is -1.18. The summed E-state index contributed by atoms with van der Waals surface area (Å²) < 4.78 is 10.1. The van der Waals surface area contributed by atoms with Gasteiger partial charge in [0.05, 0.1) is 18.6 Å². The lowest BCUT2D eigenvalue weighted by molar-refractivity contribution is -0.141. The van der Waals surface area contributed by atoms with E-state index in [1.807, 2.05) is 13.8 Å². The average molecular weight is 335 g/mol. The Morgan fingerprint density at radius 2 is 2.05 bits per heavy atom. The van der Waals surface area contributed by atoms with Gasteiger partial charge < -0.3 is 19.9 Å². The van der Waals surface area contributed by atoms with Crippen molar-refractivity contribution < 1.29 is 14.1 Å². The Kier molecular flexibility index (Phi) is 9.24. The van der Waals surface area contributed by atoms with Gasteiger partial charge in [0.15, 0.2) is 5.82 Å². The molecular formula is C14H27ClN4O3. The fourth-order valence-corrected chi connectivity index (χ4v) is 2.26. The first-order valence-corrected chi connectivity index (χ1v) is 7.29. The van der Waals surface area contributed by atoms with Crippen LogP contribution in [0.4, 0.5) is 0 Å². The maximum absolute atomic E-state index is 12.6. The average Bonchev–Trinajstić information content (AvgIpc) is 2.94. The summed E-state index contributed by atoms with van der Waals surface area (Å²) >= 11 is 0. The Labute approximate surface area is 138 Å². The fraction of sp³-hybridized carbons (Fsp3) is 0.786. The highest BCUT2D eigenvalue weighted by Gasteiger charge is 2.36. The van der Waals surface area contributed by atoms with Crippen molar-refractivity contribution >= 4 is 18.3 Å². The lowest BCUT2D eigenvalue weighted by Crippen LogP contribution is -2.45. The maximum Gasteiger partial charge on any atom is 0.246 e. The van der Waals surface area contributed by atoms with Crippen LogP contribution in [-0.4, -0.2) is 48.3 Å². The smallest absolute Gasteiger partial charge is 0.246 e. The molecule has 128 valence electrons. The van der Waals surface area contributed by atoms with Crippen molar-refractivity contribution in [2.45, 2.75) is 39.7 Å². The van der Waals surface area contributed by atoms with E-state index >= 15 is 0 Å². The van der Waals surface area contributed by atoms with E-state index in [0.717, 1.165) is 0 Å². The summed E-state index contributed by atoms with van der Waals surface area (Å²) in [5.41, 5.74) is 5.30.